The van der Waals surface area contributed by atoms with Gasteiger partial charge in [-0.2, -0.15) is 17.0 Å². The Kier molecular flexibility index (Phi) is 6.78. The molecule has 0 saturated carbocycles. The first-order valence-corrected chi connectivity index (χ1v) is 12.4. The molecule has 0 unspecified atom stereocenters. The lowest BCUT2D eigenvalue weighted by molar-refractivity contribution is -0.134. The molecule has 3 aliphatic rings. The van der Waals surface area contributed by atoms with E-state index in [9.17, 15) is 18.0 Å². The number of hydrogen-bond acceptors (Lipinski definition) is 5. The van der Waals surface area contributed by atoms with E-state index in [4.69, 9.17) is 4.74 Å². The number of hydrogen-bond donors (Lipinski definition) is 1. The zero-order valence-corrected chi connectivity index (χ0v) is 18.5. The normalized spacial score (nSPS) is 21.2. The molecule has 170 valence electrons. The van der Waals surface area contributed by atoms with Crippen LogP contribution in [-0.2, 0) is 26.2 Å². The average Bonchev–Trinajstić information content (AvgIpc) is 3.08. The van der Waals surface area contributed by atoms with Crippen LogP contribution in [0.2, 0.25) is 0 Å². The first-order valence-electron chi connectivity index (χ1n) is 11.0. The van der Waals surface area contributed by atoms with E-state index >= 15 is 0 Å². The third-order valence-electron chi connectivity index (χ3n) is 6.14. The number of amides is 2. The predicted octanol–water partition coefficient (Wildman–Crippen LogP) is 1.22. The van der Waals surface area contributed by atoms with Crippen LogP contribution < -0.4 is 10.1 Å². The number of fused-ring (bicyclic) bond motifs is 1. The molecule has 0 aromatic heterocycles. The van der Waals surface area contributed by atoms with E-state index in [-0.39, 0.29) is 18.4 Å². The lowest BCUT2D eigenvalue weighted by Crippen LogP contribution is -2.55. The van der Waals surface area contributed by atoms with Gasteiger partial charge in [-0.15, -0.1) is 0 Å². The Morgan fingerprint density at radius 3 is 2.32 bits per heavy atom. The van der Waals surface area contributed by atoms with Gasteiger partial charge in [-0.25, -0.2) is 0 Å². The maximum Gasteiger partial charge on any atom is 0.282 e. The standard InChI is InChI=1S/C21H30N4O5S/c26-20-8-5-17-15-18(6-7-19(17)22-20)30-16-21(27)23-11-13-25(14-12-23)31(28,29)24-9-3-1-2-4-10-24/h6-7,15H,1-5,8-14,16H2,(H,22,26). The van der Waals surface area contributed by atoms with E-state index < -0.39 is 10.2 Å². The molecule has 10 heteroatoms. The van der Waals surface area contributed by atoms with E-state index in [1.165, 1.54) is 4.31 Å². The minimum atomic E-state index is -3.46. The van der Waals surface area contributed by atoms with Crippen molar-refractivity contribution in [2.75, 3.05) is 51.2 Å². The van der Waals surface area contributed by atoms with Crippen molar-refractivity contribution < 1.29 is 22.7 Å². The molecule has 0 aliphatic carbocycles. The van der Waals surface area contributed by atoms with Crippen molar-refractivity contribution in [3.8, 4) is 5.75 Å². The molecular formula is C21H30N4O5S. The molecule has 3 aliphatic heterocycles. The number of benzene rings is 1. The number of anilines is 1. The van der Waals surface area contributed by atoms with Crippen molar-refractivity contribution in [3.05, 3.63) is 23.8 Å². The van der Waals surface area contributed by atoms with Gasteiger partial charge in [-0.3, -0.25) is 9.59 Å². The summed E-state index contributed by atoms with van der Waals surface area (Å²) >= 11 is 0. The van der Waals surface area contributed by atoms with Gasteiger partial charge in [-0.1, -0.05) is 12.8 Å². The van der Waals surface area contributed by atoms with Gasteiger partial charge in [0.25, 0.3) is 16.1 Å². The Labute approximate surface area is 183 Å². The summed E-state index contributed by atoms with van der Waals surface area (Å²) in [6.07, 6.45) is 5.06. The summed E-state index contributed by atoms with van der Waals surface area (Å²) in [7, 11) is -3.46. The Balaban J connectivity index is 1.27. The number of nitrogens with zero attached hydrogens (tertiary/aromatic N) is 3. The third-order valence-corrected chi connectivity index (χ3v) is 8.18. The van der Waals surface area contributed by atoms with Gasteiger partial charge in [0.1, 0.15) is 5.75 Å². The molecule has 1 aromatic rings. The van der Waals surface area contributed by atoms with Crippen LogP contribution in [0, 0.1) is 0 Å². The van der Waals surface area contributed by atoms with Crippen molar-refractivity contribution in [1.82, 2.24) is 13.5 Å². The fourth-order valence-corrected chi connectivity index (χ4v) is 5.96. The zero-order chi connectivity index (χ0) is 21.8. The Morgan fingerprint density at radius 2 is 1.61 bits per heavy atom. The van der Waals surface area contributed by atoms with Crippen LogP contribution in [0.4, 0.5) is 5.69 Å². The van der Waals surface area contributed by atoms with Gasteiger partial charge >= 0.3 is 0 Å². The van der Waals surface area contributed by atoms with Crippen molar-refractivity contribution in [2.45, 2.75) is 38.5 Å². The molecule has 0 atom stereocenters. The van der Waals surface area contributed by atoms with Gasteiger partial charge < -0.3 is 15.0 Å². The summed E-state index contributed by atoms with van der Waals surface area (Å²) in [5.74, 6) is 0.441. The minimum Gasteiger partial charge on any atom is -0.484 e. The summed E-state index contributed by atoms with van der Waals surface area (Å²) < 4.78 is 34.6. The molecule has 2 fully saturated rings. The molecule has 4 rings (SSSR count). The number of piperazine rings is 1. The molecular weight excluding hydrogens is 420 g/mol. The van der Waals surface area contributed by atoms with E-state index in [0.717, 1.165) is 36.9 Å². The lowest BCUT2D eigenvalue weighted by atomic mass is 10.0. The first-order chi connectivity index (χ1) is 14.9. The largest absolute Gasteiger partial charge is 0.484 e. The van der Waals surface area contributed by atoms with E-state index in [1.54, 1.807) is 21.3 Å². The Bertz CT molecular complexity index is 920. The zero-order valence-electron chi connectivity index (χ0n) is 17.7. The third kappa shape index (κ3) is 5.19. The van der Waals surface area contributed by atoms with Gasteiger partial charge in [0, 0.05) is 51.4 Å². The molecule has 2 amide bonds. The fourth-order valence-electron chi connectivity index (χ4n) is 4.29. The van der Waals surface area contributed by atoms with Gasteiger partial charge in [0.05, 0.1) is 0 Å². The Hall–Kier alpha value is -2.17. The van der Waals surface area contributed by atoms with Crippen LogP contribution in [0.15, 0.2) is 18.2 Å². The van der Waals surface area contributed by atoms with E-state index in [2.05, 4.69) is 5.32 Å². The predicted molar refractivity (Wildman–Crippen MR) is 116 cm³/mol. The summed E-state index contributed by atoms with van der Waals surface area (Å²) in [5.41, 5.74) is 1.79. The van der Waals surface area contributed by atoms with Gasteiger partial charge in [-0.05, 0) is 43.0 Å². The van der Waals surface area contributed by atoms with Crippen LogP contribution in [0.5, 0.6) is 5.75 Å². The number of carbonyl (C=O) groups is 2. The summed E-state index contributed by atoms with van der Waals surface area (Å²) in [6.45, 7) is 2.42. The summed E-state index contributed by atoms with van der Waals surface area (Å²) in [4.78, 5) is 25.7. The highest BCUT2D eigenvalue weighted by Gasteiger charge is 2.33. The number of aryl methyl sites for hydroxylation is 1. The second kappa shape index (κ2) is 9.54. The summed E-state index contributed by atoms with van der Waals surface area (Å²) in [6, 6.07) is 5.38. The van der Waals surface area contributed by atoms with Crippen molar-refractivity contribution >= 4 is 27.7 Å². The van der Waals surface area contributed by atoms with Crippen molar-refractivity contribution in [2.24, 2.45) is 0 Å². The number of nitrogens with one attached hydrogen (secondary N) is 1. The molecule has 31 heavy (non-hydrogen) atoms. The smallest absolute Gasteiger partial charge is 0.282 e. The van der Waals surface area contributed by atoms with Crippen molar-refractivity contribution in [3.63, 3.8) is 0 Å². The Morgan fingerprint density at radius 1 is 0.935 bits per heavy atom. The second-order valence-corrected chi connectivity index (χ2v) is 10.2. The second-order valence-electron chi connectivity index (χ2n) is 8.26. The van der Waals surface area contributed by atoms with E-state index in [1.807, 2.05) is 6.07 Å². The highest BCUT2D eigenvalue weighted by atomic mass is 32.2. The molecule has 0 spiro atoms. The van der Waals surface area contributed by atoms with Gasteiger partial charge in [0.2, 0.25) is 5.91 Å². The van der Waals surface area contributed by atoms with Gasteiger partial charge in [0.15, 0.2) is 6.61 Å². The van der Waals surface area contributed by atoms with Crippen LogP contribution in [0.3, 0.4) is 0 Å². The van der Waals surface area contributed by atoms with Crippen LogP contribution in [-0.4, -0.2) is 79.6 Å². The molecule has 3 heterocycles. The fraction of sp³-hybridized carbons (Fsp3) is 0.619. The molecule has 1 aromatic carbocycles. The molecule has 2 saturated heterocycles. The molecule has 1 N–H and O–H groups in total. The summed E-state index contributed by atoms with van der Waals surface area (Å²) in [5, 5.41) is 2.82. The van der Waals surface area contributed by atoms with Crippen LogP contribution in [0.1, 0.15) is 37.7 Å². The topological polar surface area (TPSA) is 99.3 Å². The molecule has 0 radical (unpaired) electrons. The number of ether oxygens (including phenoxy) is 1. The lowest BCUT2D eigenvalue weighted by Gasteiger charge is -2.36. The number of rotatable bonds is 5. The molecule has 9 nitrogen and oxygen atoms in total. The highest BCUT2D eigenvalue weighted by Crippen LogP contribution is 2.27. The quantitative estimate of drug-likeness (QED) is 0.727. The SMILES string of the molecule is O=C1CCc2cc(OCC(=O)N3CCN(S(=O)(=O)N4CCCCCC4)CC3)ccc2N1. The highest BCUT2D eigenvalue weighted by molar-refractivity contribution is 7.86. The van der Waals surface area contributed by atoms with Crippen LogP contribution in [0.25, 0.3) is 0 Å². The monoisotopic (exact) mass is 450 g/mol. The van der Waals surface area contributed by atoms with Crippen LogP contribution >= 0.6 is 0 Å². The maximum atomic E-state index is 12.9. The molecule has 0 bridgehead atoms. The number of carbonyl (C=O) groups excluding carboxylic acids is 2. The minimum absolute atomic E-state index is 0.00773. The maximum absolute atomic E-state index is 12.9. The average molecular weight is 451 g/mol. The van der Waals surface area contributed by atoms with E-state index in [0.29, 0.717) is 57.9 Å². The first kappa shape index (κ1) is 22.0. The van der Waals surface area contributed by atoms with Crippen molar-refractivity contribution in [1.29, 1.82) is 0 Å².